The zero-order valence-electron chi connectivity index (χ0n) is 10.7. The van der Waals surface area contributed by atoms with Gasteiger partial charge in [-0.05, 0) is 31.2 Å². The van der Waals surface area contributed by atoms with Crippen LogP contribution in [0.3, 0.4) is 0 Å². The summed E-state index contributed by atoms with van der Waals surface area (Å²) in [7, 11) is 1.80. The van der Waals surface area contributed by atoms with Crippen LogP contribution in [-0.2, 0) is 7.05 Å². The van der Waals surface area contributed by atoms with Crippen molar-refractivity contribution >= 4 is 11.9 Å². The fraction of sp³-hybridized carbons (Fsp3) is 0.143. The summed E-state index contributed by atoms with van der Waals surface area (Å²) in [6, 6.07) is 3.87. The third kappa shape index (κ3) is 2.82. The minimum absolute atomic E-state index is 0.0823. The predicted octanol–water partition coefficient (Wildman–Crippen LogP) is 2.04. The van der Waals surface area contributed by atoms with E-state index in [2.05, 4.69) is 5.10 Å². The predicted molar refractivity (Wildman–Crippen MR) is 71.1 cm³/mol. The van der Waals surface area contributed by atoms with E-state index in [0.717, 1.165) is 17.3 Å². The highest BCUT2D eigenvalue weighted by molar-refractivity contribution is 6.08. The van der Waals surface area contributed by atoms with Crippen LogP contribution in [0, 0.1) is 6.92 Å². The Bertz CT molecular complexity index is 657. The first-order chi connectivity index (χ1) is 8.97. The molecule has 0 amide bonds. The molecule has 0 radical (unpaired) electrons. The van der Waals surface area contributed by atoms with Crippen LogP contribution >= 0.6 is 0 Å². The Morgan fingerprint density at radius 1 is 1.37 bits per heavy atom. The first kappa shape index (κ1) is 12.9. The van der Waals surface area contributed by atoms with Crippen LogP contribution in [0.1, 0.15) is 21.6 Å². The van der Waals surface area contributed by atoms with Crippen LogP contribution in [0.2, 0.25) is 0 Å². The van der Waals surface area contributed by atoms with Gasteiger partial charge in [-0.25, -0.2) is 0 Å². The van der Waals surface area contributed by atoms with Crippen LogP contribution in [-0.4, -0.2) is 25.8 Å². The Morgan fingerprint density at radius 3 is 2.68 bits per heavy atom. The van der Waals surface area contributed by atoms with Gasteiger partial charge in [-0.3, -0.25) is 9.48 Å². The molecular formula is C14H14N2O3. The van der Waals surface area contributed by atoms with E-state index in [-0.39, 0.29) is 22.8 Å². The molecule has 1 heterocycles. The van der Waals surface area contributed by atoms with E-state index in [1.165, 1.54) is 18.2 Å². The zero-order chi connectivity index (χ0) is 14.0. The summed E-state index contributed by atoms with van der Waals surface area (Å²) in [5, 5.41) is 22.9. The molecule has 5 heteroatoms. The molecule has 2 aromatic rings. The van der Waals surface area contributed by atoms with Crippen molar-refractivity contribution < 1.29 is 15.0 Å². The van der Waals surface area contributed by atoms with E-state index in [1.807, 2.05) is 6.92 Å². The van der Waals surface area contributed by atoms with Crippen LogP contribution in [0.15, 0.2) is 30.5 Å². The molecule has 1 aromatic heterocycles. The summed E-state index contributed by atoms with van der Waals surface area (Å²) in [6.45, 7) is 1.85. The average molecular weight is 258 g/mol. The van der Waals surface area contributed by atoms with Crippen molar-refractivity contribution in [1.82, 2.24) is 9.78 Å². The summed E-state index contributed by atoms with van der Waals surface area (Å²) in [6.07, 6.45) is 4.82. The van der Waals surface area contributed by atoms with Gasteiger partial charge in [0, 0.05) is 24.9 Å². The molecule has 19 heavy (non-hydrogen) atoms. The number of carbonyl (C=O) groups is 1. The number of aromatic hydroxyl groups is 2. The van der Waals surface area contributed by atoms with Gasteiger partial charge in [0.15, 0.2) is 5.78 Å². The SMILES string of the molecule is Cc1nn(C)cc1/C=C/C(=O)c1ccc(O)cc1O. The fourth-order valence-electron chi connectivity index (χ4n) is 1.77. The van der Waals surface area contributed by atoms with Crippen molar-refractivity contribution in [3.05, 3.63) is 47.3 Å². The minimum Gasteiger partial charge on any atom is -0.508 e. The molecule has 0 fully saturated rings. The van der Waals surface area contributed by atoms with Gasteiger partial charge in [-0.1, -0.05) is 0 Å². The molecule has 0 aliphatic heterocycles. The summed E-state index contributed by atoms with van der Waals surface area (Å²) in [4.78, 5) is 11.9. The van der Waals surface area contributed by atoms with Gasteiger partial charge in [-0.15, -0.1) is 0 Å². The van der Waals surface area contributed by atoms with Gasteiger partial charge in [0.2, 0.25) is 0 Å². The minimum atomic E-state index is -0.333. The normalized spacial score (nSPS) is 11.1. The summed E-state index contributed by atoms with van der Waals surface area (Å²) in [5.74, 6) is -0.653. The van der Waals surface area contributed by atoms with Crippen molar-refractivity contribution in [1.29, 1.82) is 0 Å². The molecule has 5 nitrogen and oxygen atoms in total. The third-order valence-corrected chi connectivity index (χ3v) is 2.71. The van der Waals surface area contributed by atoms with E-state index in [4.69, 9.17) is 5.11 Å². The van der Waals surface area contributed by atoms with Crippen LogP contribution in [0.25, 0.3) is 6.08 Å². The van der Waals surface area contributed by atoms with E-state index in [0.29, 0.717) is 0 Å². The molecule has 0 saturated carbocycles. The third-order valence-electron chi connectivity index (χ3n) is 2.71. The number of nitrogens with zero attached hydrogens (tertiary/aromatic N) is 2. The van der Waals surface area contributed by atoms with Crippen LogP contribution in [0.5, 0.6) is 11.5 Å². The lowest BCUT2D eigenvalue weighted by atomic mass is 10.1. The second-order valence-electron chi connectivity index (χ2n) is 4.24. The van der Waals surface area contributed by atoms with Crippen LogP contribution in [0.4, 0.5) is 0 Å². The lowest BCUT2D eigenvalue weighted by molar-refractivity contribution is 0.104. The number of phenols is 2. The molecule has 0 bridgehead atoms. The van der Waals surface area contributed by atoms with Crippen molar-refractivity contribution in [3.63, 3.8) is 0 Å². The number of rotatable bonds is 3. The Kier molecular flexibility index (Phi) is 3.37. The first-order valence-corrected chi connectivity index (χ1v) is 5.72. The number of ketones is 1. The monoisotopic (exact) mass is 258 g/mol. The van der Waals surface area contributed by atoms with Crippen molar-refractivity contribution in [2.75, 3.05) is 0 Å². The summed E-state index contributed by atoms with van der Waals surface area (Å²) in [5.41, 5.74) is 1.81. The van der Waals surface area contributed by atoms with Gasteiger partial charge in [0.25, 0.3) is 0 Å². The quantitative estimate of drug-likeness (QED) is 0.652. The number of aromatic nitrogens is 2. The van der Waals surface area contributed by atoms with Crippen molar-refractivity contribution in [3.8, 4) is 11.5 Å². The number of benzene rings is 1. The lowest BCUT2D eigenvalue weighted by Gasteiger charge is -2.00. The number of phenolic OH excluding ortho intramolecular Hbond substituents is 2. The molecule has 0 saturated heterocycles. The van der Waals surface area contributed by atoms with Crippen molar-refractivity contribution in [2.45, 2.75) is 6.92 Å². The maximum Gasteiger partial charge on any atom is 0.189 e. The molecule has 0 aliphatic rings. The standard InChI is InChI=1S/C14H14N2O3/c1-9-10(8-16(2)15-9)3-6-13(18)12-5-4-11(17)7-14(12)19/h3-8,17,19H,1-2H3/b6-3+. The maximum absolute atomic E-state index is 11.9. The Hall–Kier alpha value is -2.56. The molecule has 1 aromatic carbocycles. The summed E-state index contributed by atoms with van der Waals surface area (Å²) >= 11 is 0. The average Bonchev–Trinajstić information content (AvgIpc) is 2.65. The van der Waals surface area contributed by atoms with E-state index >= 15 is 0 Å². The summed E-state index contributed by atoms with van der Waals surface area (Å²) < 4.78 is 1.66. The van der Waals surface area contributed by atoms with Crippen LogP contribution < -0.4 is 0 Å². The highest BCUT2D eigenvalue weighted by Gasteiger charge is 2.09. The van der Waals surface area contributed by atoms with Gasteiger partial charge in [0.05, 0.1) is 11.3 Å². The molecule has 98 valence electrons. The molecule has 2 N–H and O–H groups in total. The molecular weight excluding hydrogens is 244 g/mol. The van der Waals surface area contributed by atoms with Crippen molar-refractivity contribution in [2.24, 2.45) is 7.05 Å². The maximum atomic E-state index is 11.9. The first-order valence-electron chi connectivity index (χ1n) is 5.72. The topological polar surface area (TPSA) is 75.4 Å². The highest BCUT2D eigenvalue weighted by atomic mass is 16.3. The Labute approximate surface area is 110 Å². The second kappa shape index (κ2) is 4.97. The molecule has 0 unspecified atom stereocenters. The van der Waals surface area contributed by atoms with Gasteiger partial charge < -0.3 is 10.2 Å². The fourth-order valence-corrected chi connectivity index (χ4v) is 1.77. The number of hydrogen-bond donors (Lipinski definition) is 2. The van der Waals surface area contributed by atoms with Gasteiger partial charge in [-0.2, -0.15) is 5.10 Å². The zero-order valence-corrected chi connectivity index (χ0v) is 10.7. The Morgan fingerprint density at radius 2 is 2.11 bits per heavy atom. The smallest absolute Gasteiger partial charge is 0.189 e. The van der Waals surface area contributed by atoms with Gasteiger partial charge in [0.1, 0.15) is 11.5 Å². The molecule has 0 spiro atoms. The molecule has 0 atom stereocenters. The highest BCUT2D eigenvalue weighted by Crippen LogP contribution is 2.23. The number of aryl methyl sites for hydroxylation is 2. The van der Waals surface area contributed by atoms with E-state index in [1.54, 1.807) is 24.0 Å². The van der Waals surface area contributed by atoms with Gasteiger partial charge >= 0.3 is 0 Å². The van der Waals surface area contributed by atoms with E-state index in [9.17, 15) is 9.90 Å². The lowest BCUT2D eigenvalue weighted by Crippen LogP contribution is -1.94. The largest absolute Gasteiger partial charge is 0.508 e. The second-order valence-corrected chi connectivity index (χ2v) is 4.24. The Balaban J connectivity index is 2.23. The number of allylic oxidation sites excluding steroid dienone is 1. The molecule has 2 rings (SSSR count). The molecule has 0 aliphatic carbocycles. The number of carbonyl (C=O) groups excluding carboxylic acids is 1. The van der Waals surface area contributed by atoms with E-state index < -0.39 is 0 Å². The number of hydrogen-bond acceptors (Lipinski definition) is 4.